The highest BCUT2D eigenvalue weighted by molar-refractivity contribution is 7.22. The Bertz CT molecular complexity index is 1140. The first-order valence-corrected chi connectivity index (χ1v) is 10.6. The van der Waals surface area contributed by atoms with E-state index >= 15 is 0 Å². The number of rotatable bonds is 4. The molecule has 7 heteroatoms. The van der Waals surface area contributed by atoms with Gasteiger partial charge in [-0.2, -0.15) is 0 Å². The molecule has 1 aliphatic heterocycles. The number of nitrogens with zero attached hydrogens (tertiary/aromatic N) is 3. The Kier molecular flexibility index (Phi) is 4.55. The van der Waals surface area contributed by atoms with Crippen molar-refractivity contribution in [3.8, 4) is 0 Å². The predicted octanol–water partition coefficient (Wildman–Crippen LogP) is 5.31. The van der Waals surface area contributed by atoms with Crippen molar-refractivity contribution in [2.75, 3.05) is 23.9 Å². The van der Waals surface area contributed by atoms with Crippen LogP contribution in [0.5, 0.6) is 0 Å². The fourth-order valence-corrected chi connectivity index (χ4v) is 4.71. The van der Waals surface area contributed by atoms with E-state index in [-0.39, 0.29) is 0 Å². The molecule has 0 spiro atoms. The topological polar surface area (TPSA) is 53.1 Å². The first-order chi connectivity index (χ1) is 13.7. The molecule has 28 heavy (non-hydrogen) atoms. The van der Waals surface area contributed by atoms with Gasteiger partial charge in [0.05, 0.1) is 21.4 Å². The van der Waals surface area contributed by atoms with Gasteiger partial charge in [-0.1, -0.05) is 42.0 Å². The maximum atomic E-state index is 6.23. The molecule has 5 nitrogen and oxygen atoms in total. The second-order valence-corrected chi connectivity index (χ2v) is 8.40. The van der Waals surface area contributed by atoms with E-state index in [0.717, 1.165) is 63.7 Å². The Balaban J connectivity index is 1.56. The number of hydrogen-bond donors (Lipinski definition) is 2. The number of thiazole rings is 1. The number of likely N-dealkylation sites (N-methyl/N-ethyl adjacent to an activating group) is 1. The molecule has 142 valence electrons. The molecule has 0 saturated carbocycles. The summed E-state index contributed by atoms with van der Waals surface area (Å²) in [4.78, 5) is 12.0. The van der Waals surface area contributed by atoms with Crippen molar-refractivity contribution in [2.24, 2.45) is 0 Å². The highest BCUT2D eigenvalue weighted by Gasteiger charge is 2.22. The molecule has 0 bridgehead atoms. The van der Waals surface area contributed by atoms with Crippen molar-refractivity contribution in [2.45, 2.75) is 19.9 Å². The number of hydrazine groups is 1. The first kappa shape index (κ1) is 17.7. The number of halogens is 1. The quantitative estimate of drug-likeness (QED) is 0.447. The Hall–Kier alpha value is -2.41. The first-order valence-electron chi connectivity index (χ1n) is 9.42. The van der Waals surface area contributed by atoms with Crippen molar-refractivity contribution < 1.29 is 0 Å². The minimum absolute atomic E-state index is 0.705. The number of benzene rings is 2. The number of nitrogens with one attached hydrogen (secondary N) is 2. The number of anilines is 2. The molecular weight excluding hydrogens is 390 g/mol. The summed E-state index contributed by atoms with van der Waals surface area (Å²) >= 11 is 7.86. The third-order valence-electron chi connectivity index (χ3n) is 5.22. The van der Waals surface area contributed by atoms with Gasteiger partial charge in [-0.25, -0.2) is 4.98 Å². The van der Waals surface area contributed by atoms with E-state index < -0.39 is 0 Å². The summed E-state index contributed by atoms with van der Waals surface area (Å²) in [6.07, 6.45) is 0.946. The molecule has 0 aliphatic carbocycles. The summed E-state index contributed by atoms with van der Waals surface area (Å²) in [5.74, 6) is 0. The van der Waals surface area contributed by atoms with Gasteiger partial charge in [0.2, 0.25) is 5.13 Å². The van der Waals surface area contributed by atoms with Crippen LogP contribution < -0.4 is 10.9 Å². The molecule has 0 unspecified atom stereocenters. The number of fused-ring (bicyclic) bond motifs is 3. The van der Waals surface area contributed by atoms with E-state index in [1.807, 2.05) is 36.4 Å². The normalized spacial score (nSPS) is 14.4. The van der Waals surface area contributed by atoms with Crippen molar-refractivity contribution >= 4 is 54.9 Å². The second-order valence-electron chi connectivity index (χ2n) is 6.93. The lowest BCUT2D eigenvalue weighted by Gasteiger charge is -2.29. The minimum atomic E-state index is 0.705. The van der Waals surface area contributed by atoms with Crippen molar-refractivity contribution in [1.82, 2.24) is 14.9 Å². The van der Waals surface area contributed by atoms with Crippen LogP contribution in [0.1, 0.15) is 18.2 Å². The third-order valence-corrected chi connectivity index (χ3v) is 6.40. The van der Waals surface area contributed by atoms with Gasteiger partial charge in [-0.05, 0) is 36.9 Å². The number of hydrogen-bond acceptors (Lipinski definition) is 6. The molecule has 3 heterocycles. The number of pyridine rings is 1. The van der Waals surface area contributed by atoms with Gasteiger partial charge in [0.1, 0.15) is 0 Å². The van der Waals surface area contributed by atoms with Crippen LogP contribution in [-0.2, 0) is 13.0 Å². The molecule has 1 aliphatic rings. The van der Waals surface area contributed by atoms with Crippen LogP contribution >= 0.6 is 22.9 Å². The summed E-state index contributed by atoms with van der Waals surface area (Å²) in [7, 11) is 0. The highest BCUT2D eigenvalue weighted by Crippen LogP contribution is 2.34. The van der Waals surface area contributed by atoms with Gasteiger partial charge < -0.3 is 0 Å². The summed E-state index contributed by atoms with van der Waals surface area (Å²) in [6, 6.07) is 14.1. The lowest BCUT2D eigenvalue weighted by atomic mass is 10.00. The van der Waals surface area contributed by atoms with E-state index in [0.29, 0.717) is 5.02 Å². The molecule has 0 saturated heterocycles. The zero-order valence-corrected chi connectivity index (χ0v) is 17.1. The van der Waals surface area contributed by atoms with Crippen molar-refractivity contribution in [3.05, 3.63) is 58.7 Å². The monoisotopic (exact) mass is 409 g/mol. The van der Waals surface area contributed by atoms with E-state index in [1.165, 1.54) is 5.56 Å². The fourth-order valence-electron chi connectivity index (χ4n) is 3.73. The summed E-state index contributed by atoms with van der Waals surface area (Å²) < 4.78 is 1.16. The third kappa shape index (κ3) is 3.17. The molecule has 2 N–H and O–H groups in total. The molecule has 2 aromatic carbocycles. The summed E-state index contributed by atoms with van der Waals surface area (Å²) in [6.45, 7) is 5.16. The highest BCUT2D eigenvalue weighted by atomic mass is 35.5. The van der Waals surface area contributed by atoms with E-state index in [2.05, 4.69) is 33.7 Å². The van der Waals surface area contributed by atoms with Crippen LogP contribution in [0, 0.1) is 0 Å². The van der Waals surface area contributed by atoms with Gasteiger partial charge >= 0.3 is 0 Å². The molecule has 5 rings (SSSR count). The van der Waals surface area contributed by atoms with E-state index in [4.69, 9.17) is 16.6 Å². The second kappa shape index (κ2) is 7.20. The standard InChI is InChI=1S/C21H20ClN5S/c1-2-27-10-9-16-15(12-27)20(14-8-7-13(22)11-18(14)23-16)25-26-21-24-17-5-3-4-6-19(17)28-21/h3-8,11H,2,9-10,12H2,1H3,(H,23,25)(H,24,26). The van der Waals surface area contributed by atoms with Crippen LogP contribution in [0.15, 0.2) is 42.5 Å². The molecule has 0 radical (unpaired) electrons. The van der Waals surface area contributed by atoms with Crippen LogP contribution in [0.4, 0.5) is 10.8 Å². The lowest BCUT2D eigenvalue weighted by molar-refractivity contribution is 0.267. The smallest absolute Gasteiger partial charge is 0.202 e. The summed E-state index contributed by atoms with van der Waals surface area (Å²) in [5.41, 5.74) is 12.1. The predicted molar refractivity (Wildman–Crippen MR) is 118 cm³/mol. The van der Waals surface area contributed by atoms with Crippen molar-refractivity contribution in [1.29, 1.82) is 0 Å². The Morgan fingerprint density at radius 3 is 2.86 bits per heavy atom. The van der Waals surface area contributed by atoms with Gasteiger partial charge in [-0.3, -0.25) is 20.7 Å². The molecular formula is C21H20ClN5S. The number of aromatic nitrogens is 2. The average Bonchev–Trinajstić information content (AvgIpc) is 3.13. The minimum Gasteiger partial charge on any atom is -0.299 e. The largest absolute Gasteiger partial charge is 0.299 e. The lowest BCUT2D eigenvalue weighted by Crippen LogP contribution is -2.32. The Labute approximate surface area is 172 Å². The fraction of sp³-hybridized carbons (Fsp3) is 0.238. The zero-order chi connectivity index (χ0) is 19.1. The Morgan fingerprint density at radius 1 is 1.11 bits per heavy atom. The van der Waals surface area contributed by atoms with Gasteiger partial charge in [0.25, 0.3) is 0 Å². The SMILES string of the molecule is CCN1CCc2nc3cc(Cl)ccc3c(NNc3nc4ccccc4s3)c2C1. The summed E-state index contributed by atoms with van der Waals surface area (Å²) in [5, 5.41) is 2.61. The average molecular weight is 410 g/mol. The van der Waals surface area contributed by atoms with E-state index in [1.54, 1.807) is 11.3 Å². The number of para-hydroxylation sites is 1. The molecule has 0 atom stereocenters. The maximum absolute atomic E-state index is 6.23. The van der Waals surface area contributed by atoms with Crippen LogP contribution in [0.25, 0.3) is 21.1 Å². The molecule has 0 fully saturated rings. The van der Waals surface area contributed by atoms with Crippen molar-refractivity contribution in [3.63, 3.8) is 0 Å². The van der Waals surface area contributed by atoms with Crippen LogP contribution in [0.2, 0.25) is 5.02 Å². The molecule has 2 aromatic heterocycles. The van der Waals surface area contributed by atoms with Gasteiger partial charge in [-0.15, -0.1) is 0 Å². The zero-order valence-electron chi connectivity index (χ0n) is 15.5. The molecule has 4 aromatic rings. The maximum Gasteiger partial charge on any atom is 0.202 e. The molecule has 0 amide bonds. The van der Waals surface area contributed by atoms with Gasteiger partial charge in [0.15, 0.2) is 0 Å². The van der Waals surface area contributed by atoms with Crippen LogP contribution in [0.3, 0.4) is 0 Å². The van der Waals surface area contributed by atoms with Crippen LogP contribution in [-0.4, -0.2) is 28.0 Å². The van der Waals surface area contributed by atoms with E-state index in [9.17, 15) is 0 Å². The van der Waals surface area contributed by atoms with Gasteiger partial charge in [0, 0.05) is 41.2 Å². The Morgan fingerprint density at radius 2 is 2.00 bits per heavy atom.